The van der Waals surface area contributed by atoms with Gasteiger partial charge in [0.1, 0.15) is 11.6 Å². The summed E-state index contributed by atoms with van der Waals surface area (Å²) in [5.41, 5.74) is 3.28. The summed E-state index contributed by atoms with van der Waals surface area (Å²) in [6.45, 7) is 2.05. The molecule has 1 N–H and O–H groups in total. The van der Waals surface area contributed by atoms with Gasteiger partial charge in [-0.2, -0.15) is 16.6 Å². The number of benzene rings is 1. The van der Waals surface area contributed by atoms with Crippen molar-refractivity contribution in [2.45, 2.75) is 17.8 Å². The maximum absolute atomic E-state index is 12.1. The zero-order chi connectivity index (χ0) is 16.2. The summed E-state index contributed by atoms with van der Waals surface area (Å²) in [7, 11) is 0. The molecular weight excluding hydrogens is 326 g/mol. The van der Waals surface area contributed by atoms with Crippen LogP contribution in [0, 0.1) is 18.3 Å². The average Bonchev–Trinajstić information content (AvgIpc) is 3.07. The molecule has 0 fully saturated rings. The van der Waals surface area contributed by atoms with Gasteiger partial charge in [-0.15, -0.1) is 0 Å². The zero-order valence-corrected chi connectivity index (χ0v) is 14.0. The summed E-state index contributed by atoms with van der Waals surface area (Å²) in [6.07, 6.45) is 0. The van der Waals surface area contributed by atoms with E-state index >= 15 is 0 Å². The molecule has 114 valence electrons. The van der Waals surface area contributed by atoms with Gasteiger partial charge in [-0.1, -0.05) is 41.6 Å². The van der Waals surface area contributed by atoms with E-state index in [1.807, 2.05) is 48.0 Å². The normalized spacial score (nSPS) is 10.4. The largest absolute Gasteiger partial charge is 0.300 e. The van der Waals surface area contributed by atoms with E-state index in [9.17, 15) is 10.1 Å². The molecule has 0 unspecified atom stereocenters. The Hall–Kier alpha value is -2.36. The Labute approximate surface area is 141 Å². The van der Waals surface area contributed by atoms with Gasteiger partial charge in [-0.25, -0.2) is 4.98 Å². The molecule has 0 spiro atoms. The fourth-order valence-electron chi connectivity index (χ4n) is 2.19. The van der Waals surface area contributed by atoms with Gasteiger partial charge in [0.25, 0.3) is 5.56 Å². The SMILES string of the molecule is Cc1cccc(CSc2nc(-c3ccsc3)c(C#N)c(=O)[nH]2)c1. The lowest BCUT2D eigenvalue weighted by Gasteiger charge is -2.05. The van der Waals surface area contributed by atoms with Crippen molar-refractivity contribution in [3.05, 3.63) is 68.1 Å². The number of aromatic amines is 1. The molecule has 0 saturated carbocycles. The molecule has 0 radical (unpaired) electrons. The van der Waals surface area contributed by atoms with E-state index in [0.29, 0.717) is 16.6 Å². The maximum Gasteiger partial charge on any atom is 0.270 e. The lowest BCUT2D eigenvalue weighted by Crippen LogP contribution is -2.14. The third kappa shape index (κ3) is 3.52. The highest BCUT2D eigenvalue weighted by molar-refractivity contribution is 7.98. The standard InChI is InChI=1S/C17H13N3OS2/c1-11-3-2-4-12(7-11)9-23-17-19-15(13-5-6-22-10-13)14(8-18)16(21)20-17/h2-7,10H,9H2,1H3,(H,19,20,21). The van der Waals surface area contributed by atoms with E-state index in [0.717, 1.165) is 5.56 Å². The third-order valence-electron chi connectivity index (χ3n) is 3.26. The van der Waals surface area contributed by atoms with Crippen molar-refractivity contribution in [1.82, 2.24) is 9.97 Å². The van der Waals surface area contributed by atoms with Crippen molar-refractivity contribution in [3.8, 4) is 17.3 Å². The Kier molecular flexibility index (Phi) is 4.60. The highest BCUT2D eigenvalue weighted by Crippen LogP contribution is 2.25. The second-order valence-electron chi connectivity index (χ2n) is 5.00. The molecule has 0 saturated heterocycles. The van der Waals surface area contributed by atoms with Crippen molar-refractivity contribution in [3.63, 3.8) is 0 Å². The Balaban J connectivity index is 1.92. The Morgan fingerprint density at radius 1 is 1.39 bits per heavy atom. The summed E-state index contributed by atoms with van der Waals surface area (Å²) in [5.74, 6) is 0.708. The summed E-state index contributed by atoms with van der Waals surface area (Å²) in [5, 5.41) is 13.5. The molecule has 1 aromatic carbocycles. The van der Waals surface area contributed by atoms with Crippen LogP contribution in [-0.4, -0.2) is 9.97 Å². The van der Waals surface area contributed by atoms with Crippen LogP contribution in [-0.2, 0) is 5.75 Å². The fraction of sp³-hybridized carbons (Fsp3) is 0.118. The molecule has 2 heterocycles. The van der Waals surface area contributed by atoms with E-state index in [-0.39, 0.29) is 5.56 Å². The smallest absolute Gasteiger partial charge is 0.270 e. The van der Waals surface area contributed by atoms with Gasteiger partial charge in [0.05, 0.1) is 5.69 Å². The van der Waals surface area contributed by atoms with Crippen molar-refractivity contribution < 1.29 is 0 Å². The zero-order valence-electron chi connectivity index (χ0n) is 12.4. The van der Waals surface area contributed by atoms with Crippen LogP contribution < -0.4 is 5.56 Å². The van der Waals surface area contributed by atoms with Gasteiger partial charge in [0.15, 0.2) is 5.16 Å². The second kappa shape index (κ2) is 6.82. The molecule has 0 aliphatic rings. The van der Waals surface area contributed by atoms with Crippen LogP contribution in [0.1, 0.15) is 16.7 Å². The van der Waals surface area contributed by atoms with Crippen LogP contribution in [0.5, 0.6) is 0 Å². The maximum atomic E-state index is 12.1. The molecule has 4 nitrogen and oxygen atoms in total. The van der Waals surface area contributed by atoms with Crippen LogP contribution >= 0.6 is 23.1 Å². The Morgan fingerprint density at radius 2 is 2.26 bits per heavy atom. The highest BCUT2D eigenvalue weighted by atomic mass is 32.2. The Bertz CT molecular complexity index is 924. The van der Waals surface area contributed by atoms with Crippen LogP contribution in [0.25, 0.3) is 11.3 Å². The predicted octanol–water partition coefficient (Wildman–Crippen LogP) is 3.97. The number of thiophene rings is 1. The number of aromatic nitrogens is 2. The first-order valence-electron chi connectivity index (χ1n) is 6.92. The average molecular weight is 339 g/mol. The number of nitrogens with zero attached hydrogens (tertiary/aromatic N) is 2. The molecule has 3 rings (SSSR count). The van der Waals surface area contributed by atoms with Crippen molar-refractivity contribution in [2.75, 3.05) is 0 Å². The highest BCUT2D eigenvalue weighted by Gasteiger charge is 2.14. The number of hydrogen-bond acceptors (Lipinski definition) is 5. The molecule has 3 aromatic rings. The van der Waals surface area contributed by atoms with Gasteiger partial charge < -0.3 is 4.98 Å². The Morgan fingerprint density at radius 3 is 2.96 bits per heavy atom. The quantitative estimate of drug-likeness (QED) is 0.577. The third-order valence-corrected chi connectivity index (χ3v) is 4.89. The number of nitrogens with one attached hydrogen (secondary N) is 1. The molecular formula is C17H13N3OS2. The van der Waals surface area contributed by atoms with E-state index in [1.165, 1.54) is 34.2 Å². The summed E-state index contributed by atoms with van der Waals surface area (Å²) in [6, 6.07) is 12.0. The molecule has 0 atom stereocenters. The predicted molar refractivity (Wildman–Crippen MR) is 93.6 cm³/mol. The molecule has 0 amide bonds. The summed E-state index contributed by atoms with van der Waals surface area (Å²) in [4.78, 5) is 19.3. The summed E-state index contributed by atoms with van der Waals surface area (Å²) < 4.78 is 0. The van der Waals surface area contributed by atoms with Gasteiger partial charge in [-0.3, -0.25) is 4.79 Å². The lowest BCUT2D eigenvalue weighted by molar-refractivity contribution is 0.935. The van der Waals surface area contributed by atoms with E-state index < -0.39 is 5.56 Å². The van der Waals surface area contributed by atoms with E-state index in [1.54, 1.807) is 0 Å². The van der Waals surface area contributed by atoms with Crippen molar-refractivity contribution >= 4 is 23.1 Å². The topological polar surface area (TPSA) is 69.5 Å². The molecule has 0 bridgehead atoms. The number of hydrogen-bond donors (Lipinski definition) is 1. The second-order valence-corrected chi connectivity index (χ2v) is 6.74. The molecule has 0 aliphatic carbocycles. The number of thioether (sulfide) groups is 1. The van der Waals surface area contributed by atoms with E-state index in [2.05, 4.69) is 16.0 Å². The first-order chi connectivity index (χ1) is 11.2. The van der Waals surface area contributed by atoms with Gasteiger partial charge in [0, 0.05) is 16.7 Å². The number of rotatable bonds is 4. The lowest BCUT2D eigenvalue weighted by atomic mass is 10.1. The fourth-order valence-corrected chi connectivity index (χ4v) is 3.63. The minimum absolute atomic E-state index is 0.0586. The van der Waals surface area contributed by atoms with Crippen LogP contribution in [0.15, 0.2) is 51.0 Å². The molecule has 6 heteroatoms. The number of H-pyrrole nitrogens is 1. The van der Waals surface area contributed by atoms with E-state index in [4.69, 9.17) is 0 Å². The van der Waals surface area contributed by atoms with Crippen LogP contribution in [0.3, 0.4) is 0 Å². The minimum atomic E-state index is -0.393. The van der Waals surface area contributed by atoms with Gasteiger partial charge >= 0.3 is 0 Å². The van der Waals surface area contributed by atoms with Crippen LogP contribution in [0.2, 0.25) is 0 Å². The first kappa shape index (κ1) is 15.5. The van der Waals surface area contributed by atoms with Gasteiger partial charge in [0.2, 0.25) is 0 Å². The van der Waals surface area contributed by atoms with Crippen molar-refractivity contribution in [2.24, 2.45) is 0 Å². The molecule has 2 aromatic heterocycles. The molecule has 23 heavy (non-hydrogen) atoms. The van der Waals surface area contributed by atoms with Crippen molar-refractivity contribution in [1.29, 1.82) is 5.26 Å². The minimum Gasteiger partial charge on any atom is -0.300 e. The molecule has 0 aliphatic heterocycles. The van der Waals surface area contributed by atoms with Crippen LogP contribution in [0.4, 0.5) is 0 Å². The summed E-state index contributed by atoms with van der Waals surface area (Å²) >= 11 is 2.96. The first-order valence-corrected chi connectivity index (χ1v) is 8.85. The number of aryl methyl sites for hydroxylation is 1. The van der Waals surface area contributed by atoms with Gasteiger partial charge in [-0.05, 0) is 23.9 Å². The monoisotopic (exact) mass is 339 g/mol. The number of nitriles is 1.